The molecule has 1 aromatic carbocycles. The summed E-state index contributed by atoms with van der Waals surface area (Å²) >= 11 is 0. The van der Waals surface area contributed by atoms with E-state index in [9.17, 15) is 18.0 Å². The maximum Gasteiger partial charge on any atom is 0.275 e. The SMILES string of the molecule is Cc1ccc(NS(=O)(=O)Cc2ccccc2)c(=O)n1C(C=O)CNCCC1CCc2nc(N)ncc2C1. The number of nitrogens with zero attached hydrogens (tertiary/aromatic N) is 3. The normalized spacial score (nSPS) is 16.1. The molecule has 0 amide bonds. The van der Waals surface area contributed by atoms with E-state index in [-0.39, 0.29) is 18.0 Å². The van der Waals surface area contributed by atoms with Crippen LogP contribution in [0.3, 0.4) is 0 Å². The van der Waals surface area contributed by atoms with Gasteiger partial charge < -0.3 is 15.8 Å². The molecule has 2 atom stereocenters. The summed E-state index contributed by atoms with van der Waals surface area (Å²) in [5.41, 5.74) is 8.36. The van der Waals surface area contributed by atoms with Crippen LogP contribution in [0.25, 0.3) is 0 Å². The van der Waals surface area contributed by atoms with E-state index in [1.807, 2.05) is 0 Å². The first-order chi connectivity index (χ1) is 17.8. The second kappa shape index (κ2) is 11.7. The molecule has 2 aromatic heterocycles. The molecule has 2 unspecified atom stereocenters. The molecule has 4 N–H and O–H groups in total. The molecule has 37 heavy (non-hydrogen) atoms. The molecule has 0 aliphatic heterocycles. The van der Waals surface area contributed by atoms with Gasteiger partial charge in [0.05, 0.1) is 5.75 Å². The number of nitrogen functional groups attached to an aromatic ring is 1. The van der Waals surface area contributed by atoms with E-state index < -0.39 is 21.6 Å². The number of hydrogen-bond acceptors (Lipinski definition) is 8. The molecule has 1 aliphatic rings. The van der Waals surface area contributed by atoms with Crippen molar-refractivity contribution < 1.29 is 13.2 Å². The number of aldehydes is 1. The smallest absolute Gasteiger partial charge is 0.275 e. The van der Waals surface area contributed by atoms with Crippen LogP contribution in [-0.2, 0) is 33.4 Å². The highest BCUT2D eigenvalue weighted by Crippen LogP contribution is 2.26. The van der Waals surface area contributed by atoms with Crippen LogP contribution < -0.4 is 21.3 Å². The van der Waals surface area contributed by atoms with E-state index >= 15 is 0 Å². The fourth-order valence-electron chi connectivity index (χ4n) is 4.73. The van der Waals surface area contributed by atoms with Crippen LogP contribution in [0, 0.1) is 12.8 Å². The third kappa shape index (κ3) is 6.80. The van der Waals surface area contributed by atoms with Gasteiger partial charge in [0.2, 0.25) is 16.0 Å². The van der Waals surface area contributed by atoms with Crippen molar-refractivity contribution >= 4 is 27.9 Å². The highest BCUT2D eigenvalue weighted by molar-refractivity contribution is 7.91. The topological polar surface area (TPSA) is 149 Å². The zero-order valence-corrected chi connectivity index (χ0v) is 21.6. The molecule has 196 valence electrons. The van der Waals surface area contributed by atoms with Gasteiger partial charge in [0.25, 0.3) is 5.56 Å². The molecule has 1 aliphatic carbocycles. The largest absolute Gasteiger partial charge is 0.368 e. The molecule has 10 nitrogen and oxygen atoms in total. The minimum atomic E-state index is -3.81. The quantitative estimate of drug-likeness (QED) is 0.255. The van der Waals surface area contributed by atoms with Crippen molar-refractivity contribution in [2.75, 3.05) is 23.5 Å². The molecule has 3 aromatic rings. The van der Waals surface area contributed by atoms with Gasteiger partial charge in [0, 0.05) is 24.1 Å². The van der Waals surface area contributed by atoms with Crippen LogP contribution in [-0.4, -0.2) is 42.3 Å². The van der Waals surface area contributed by atoms with Crippen molar-refractivity contribution in [3.8, 4) is 0 Å². The Bertz CT molecular complexity index is 1410. The maximum absolute atomic E-state index is 13.2. The zero-order chi connectivity index (χ0) is 26.4. The number of anilines is 2. The van der Waals surface area contributed by atoms with Gasteiger partial charge in [0.15, 0.2) is 0 Å². The van der Waals surface area contributed by atoms with Gasteiger partial charge >= 0.3 is 0 Å². The molecular weight excluding hydrogens is 492 g/mol. The Morgan fingerprint density at radius 2 is 2.00 bits per heavy atom. The number of benzene rings is 1. The Morgan fingerprint density at radius 3 is 2.76 bits per heavy atom. The lowest BCUT2D eigenvalue weighted by molar-refractivity contribution is -0.110. The first-order valence-corrected chi connectivity index (χ1v) is 13.9. The number of aromatic nitrogens is 3. The predicted octanol–water partition coefficient (Wildman–Crippen LogP) is 2.00. The third-order valence-electron chi connectivity index (χ3n) is 6.63. The molecule has 4 rings (SSSR count). The average molecular weight is 525 g/mol. The fraction of sp³-hybridized carbons (Fsp3) is 0.385. The van der Waals surface area contributed by atoms with Crippen LogP contribution in [0.5, 0.6) is 0 Å². The number of fused-ring (bicyclic) bond motifs is 1. The van der Waals surface area contributed by atoms with Gasteiger partial charge in [-0.15, -0.1) is 0 Å². The van der Waals surface area contributed by atoms with Crippen molar-refractivity contribution in [1.29, 1.82) is 0 Å². The Labute approximate surface area is 216 Å². The highest BCUT2D eigenvalue weighted by atomic mass is 32.2. The first kappa shape index (κ1) is 26.5. The summed E-state index contributed by atoms with van der Waals surface area (Å²) in [6, 6.07) is 11.0. The molecular formula is C26H32N6O4S. The lowest BCUT2D eigenvalue weighted by Crippen LogP contribution is -2.36. The van der Waals surface area contributed by atoms with Crippen molar-refractivity contribution in [2.45, 2.75) is 44.4 Å². The summed E-state index contributed by atoms with van der Waals surface area (Å²) in [7, 11) is -3.81. The van der Waals surface area contributed by atoms with Crippen LogP contribution in [0.15, 0.2) is 53.5 Å². The molecule has 11 heteroatoms. The summed E-state index contributed by atoms with van der Waals surface area (Å²) in [5, 5.41) is 3.29. The standard InChI is InChI=1S/C26H32N6O4S/c1-18-7-9-24(31-37(35,36)17-20-5-3-2-4-6-20)25(34)32(18)22(16-33)15-28-12-11-19-8-10-23-21(13-19)14-29-26(27)30-23/h2-7,9,14,16,19,22,28,31H,8,10-13,15,17H2,1H3,(H2,27,29,30). The number of sulfonamides is 1. The van der Waals surface area contributed by atoms with E-state index in [1.165, 1.54) is 10.6 Å². The molecule has 2 heterocycles. The van der Waals surface area contributed by atoms with E-state index in [0.717, 1.165) is 36.9 Å². The van der Waals surface area contributed by atoms with E-state index in [4.69, 9.17) is 5.73 Å². The lowest BCUT2D eigenvalue weighted by Gasteiger charge is -2.24. The summed E-state index contributed by atoms with van der Waals surface area (Å²) in [4.78, 5) is 33.5. The molecule has 0 radical (unpaired) electrons. The Morgan fingerprint density at radius 1 is 1.22 bits per heavy atom. The number of hydrogen-bond donors (Lipinski definition) is 3. The number of rotatable bonds is 11. The molecule has 0 saturated heterocycles. The second-order valence-electron chi connectivity index (χ2n) is 9.42. The Balaban J connectivity index is 1.37. The Hall–Kier alpha value is -3.57. The molecule has 0 saturated carbocycles. The minimum Gasteiger partial charge on any atom is -0.368 e. The van der Waals surface area contributed by atoms with Crippen molar-refractivity contribution in [1.82, 2.24) is 19.9 Å². The van der Waals surface area contributed by atoms with Crippen molar-refractivity contribution in [2.24, 2.45) is 5.92 Å². The number of nitrogens with one attached hydrogen (secondary N) is 2. The molecule has 0 spiro atoms. The second-order valence-corrected chi connectivity index (χ2v) is 11.1. The highest BCUT2D eigenvalue weighted by Gasteiger charge is 2.22. The van der Waals surface area contributed by atoms with Crippen LogP contribution >= 0.6 is 0 Å². The van der Waals surface area contributed by atoms with Gasteiger partial charge in [-0.05, 0) is 68.3 Å². The van der Waals surface area contributed by atoms with Gasteiger partial charge in [-0.25, -0.2) is 18.4 Å². The monoisotopic (exact) mass is 524 g/mol. The number of carbonyl (C=O) groups excluding carboxylic acids is 1. The number of nitrogens with two attached hydrogens (primary N) is 1. The van der Waals surface area contributed by atoms with Crippen molar-refractivity contribution in [3.63, 3.8) is 0 Å². The van der Waals surface area contributed by atoms with Gasteiger partial charge in [-0.3, -0.25) is 14.1 Å². The molecule has 0 bridgehead atoms. The van der Waals surface area contributed by atoms with Crippen LogP contribution in [0.1, 0.15) is 41.4 Å². The van der Waals surface area contributed by atoms with Gasteiger partial charge in [-0.1, -0.05) is 30.3 Å². The maximum atomic E-state index is 13.2. The van der Waals surface area contributed by atoms with E-state index in [1.54, 1.807) is 49.5 Å². The first-order valence-electron chi connectivity index (χ1n) is 12.3. The van der Waals surface area contributed by atoms with Crippen molar-refractivity contribution in [3.05, 3.63) is 81.5 Å². The zero-order valence-electron chi connectivity index (χ0n) is 20.8. The number of pyridine rings is 1. The summed E-state index contributed by atoms with van der Waals surface area (Å²) in [6.07, 6.45) is 6.18. The van der Waals surface area contributed by atoms with E-state index in [0.29, 0.717) is 36.0 Å². The fourth-order valence-corrected chi connectivity index (χ4v) is 5.93. The molecule has 0 fully saturated rings. The lowest BCUT2D eigenvalue weighted by atomic mass is 9.85. The van der Waals surface area contributed by atoms with Crippen LogP contribution in [0.2, 0.25) is 0 Å². The Kier molecular flexibility index (Phi) is 8.34. The average Bonchev–Trinajstić information content (AvgIpc) is 2.87. The minimum absolute atomic E-state index is 0.0860. The number of carbonyl (C=O) groups is 1. The van der Waals surface area contributed by atoms with Gasteiger partial charge in [-0.2, -0.15) is 0 Å². The third-order valence-corrected chi connectivity index (χ3v) is 7.87. The summed E-state index contributed by atoms with van der Waals surface area (Å²) in [5.74, 6) is 0.511. The number of aryl methyl sites for hydroxylation is 2. The predicted molar refractivity (Wildman–Crippen MR) is 143 cm³/mol. The summed E-state index contributed by atoms with van der Waals surface area (Å²) in [6.45, 7) is 2.65. The van der Waals surface area contributed by atoms with Gasteiger partial charge in [0.1, 0.15) is 18.0 Å². The van der Waals surface area contributed by atoms with E-state index in [2.05, 4.69) is 20.0 Å². The van der Waals surface area contributed by atoms with Crippen LogP contribution in [0.4, 0.5) is 11.6 Å². The summed E-state index contributed by atoms with van der Waals surface area (Å²) < 4.78 is 29.0.